The van der Waals surface area contributed by atoms with Crippen LogP contribution in [0, 0.1) is 6.92 Å². The number of carbonyl (C=O) groups is 3. The molecule has 0 radical (unpaired) electrons. The van der Waals surface area contributed by atoms with Crippen LogP contribution < -0.4 is 15.6 Å². The molecule has 1 aromatic rings. The molecule has 0 heterocycles. The Kier molecular flexibility index (Phi) is 5.76. The summed E-state index contributed by atoms with van der Waals surface area (Å²) in [7, 11) is 0. The molecule has 0 aliphatic heterocycles. The predicted octanol–water partition coefficient (Wildman–Crippen LogP) is 0.162. The quantitative estimate of drug-likeness (QED) is 0.525. The molecule has 7 nitrogen and oxygen atoms in total. The van der Waals surface area contributed by atoms with Gasteiger partial charge in [-0.3, -0.25) is 20.4 Å². The summed E-state index contributed by atoms with van der Waals surface area (Å²) >= 11 is 0. The number of benzene rings is 1. The van der Waals surface area contributed by atoms with Crippen molar-refractivity contribution >= 4 is 17.8 Å². The van der Waals surface area contributed by atoms with Crippen LogP contribution in [-0.2, 0) is 14.4 Å². The Hall–Kier alpha value is -2.83. The molecule has 0 saturated carbocycles. The standard InChI is InChI=1S/C13H14N2O5/c1-9-3-2-4-10(7-9)20-8-12(17)15-14-11(16)5-6-13(18)19/h2-7H,8H2,1H3,(H,14,16)(H,15,17)(H,18,19)/b6-5+. The maximum atomic E-state index is 11.4. The van der Waals surface area contributed by atoms with Crippen LogP contribution in [0.4, 0.5) is 0 Å². The van der Waals surface area contributed by atoms with Crippen LogP contribution in [0.5, 0.6) is 5.75 Å². The average molecular weight is 278 g/mol. The van der Waals surface area contributed by atoms with E-state index in [2.05, 4.69) is 5.43 Å². The fraction of sp³-hybridized carbons (Fsp3) is 0.154. The smallest absolute Gasteiger partial charge is 0.328 e. The minimum atomic E-state index is -1.26. The van der Waals surface area contributed by atoms with Crippen LogP contribution in [0.1, 0.15) is 5.56 Å². The summed E-state index contributed by atoms with van der Waals surface area (Å²) < 4.78 is 5.20. The van der Waals surface area contributed by atoms with Crippen molar-refractivity contribution in [1.82, 2.24) is 10.9 Å². The zero-order chi connectivity index (χ0) is 15.0. The molecular formula is C13H14N2O5. The lowest BCUT2D eigenvalue weighted by Crippen LogP contribution is -2.43. The van der Waals surface area contributed by atoms with E-state index in [4.69, 9.17) is 9.84 Å². The molecule has 1 aromatic carbocycles. The van der Waals surface area contributed by atoms with Crippen molar-refractivity contribution in [2.75, 3.05) is 6.61 Å². The number of rotatable bonds is 5. The third kappa shape index (κ3) is 6.20. The van der Waals surface area contributed by atoms with E-state index >= 15 is 0 Å². The van der Waals surface area contributed by atoms with Crippen molar-refractivity contribution in [2.24, 2.45) is 0 Å². The molecule has 0 bridgehead atoms. The number of aliphatic carboxylic acids is 1. The zero-order valence-corrected chi connectivity index (χ0v) is 10.8. The maximum Gasteiger partial charge on any atom is 0.328 e. The summed E-state index contributed by atoms with van der Waals surface area (Å²) in [5.74, 6) is -2.04. The number of hydrogen-bond acceptors (Lipinski definition) is 4. The van der Waals surface area contributed by atoms with Crippen molar-refractivity contribution in [3.63, 3.8) is 0 Å². The second kappa shape index (κ2) is 7.57. The number of carboxylic acids is 1. The Labute approximate surface area is 115 Å². The lowest BCUT2D eigenvalue weighted by Gasteiger charge is -2.07. The third-order valence-electron chi connectivity index (χ3n) is 2.06. The Bertz CT molecular complexity index is 539. The highest BCUT2D eigenvalue weighted by Gasteiger charge is 2.04. The minimum absolute atomic E-state index is 0.271. The average Bonchev–Trinajstić information content (AvgIpc) is 2.40. The summed E-state index contributed by atoms with van der Waals surface area (Å²) in [4.78, 5) is 32.6. The molecule has 7 heteroatoms. The number of ether oxygens (including phenoxy) is 1. The van der Waals surface area contributed by atoms with Gasteiger partial charge in [0.05, 0.1) is 0 Å². The van der Waals surface area contributed by atoms with E-state index in [0.29, 0.717) is 11.8 Å². The normalized spacial score (nSPS) is 10.1. The zero-order valence-electron chi connectivity index (χ0n) is 10.8. The van der Waals surface area contributed by atoms with Gasteiger partial charge in [-0.25, -0.2) is 4.79 Å². The molecule has 106 valence electrons. The Balaban J connectivity index is 2.30. The molecule has 0 atom stereocenters. The van der Waals surface area contributed by atoms with E-state index in [1.54, 1.807) is 18.2 Å². The molecule has 3 N–H and O–H groups in total. The fourth-order valence-electron chi connectivity index (χ4n) is 1.21. The molecule has 0 unspecified atom stereocenters. The Morgan fingerprint density at radius 3 is 2.65 bits per heavy atom. The highest BCUT2D eigenvalue weighted by molar-refractivity contribution is 5.94. The van der Waals surface area contributed by atoms with E-state index in [1.165, 1.54) is 0 Å². The first kappa shape index (κ1) is 15.2. The number of amides is 2. The van der Waals surface area contributed by atoms with Crippen LogP contribution in [0.25, 0.3) is 0 Å². The fourth-order valence-corrected chi connectivity index (χ4v) is 1.21. The van der Waals surface area contributed by atoms with Gasteiger partial charge in [0, 0.05) is 12.2 Å². The molecule has 1 rings (SSSR count). The van der Waals surface area contributed by atoms with Gasteiger partial charge >= 0.3 is 5.97 Å². The van der Waals surface area contributed by atoms with Gasteiger partial charge in [0.25, 0.3) is 11.8 Å². The second-order valence-corrected chi connectivity index (χ2v) is 3.81. The number of hydrogen-bond donors (Lipinski definition) is 3. The van der Waals surface area contributed by atoms with Crippen molar-refractivity contribution in [1.29, 1.82) is 0 Å². The third-order valence-corrected chi connectivity index (χ3v) is 2.06. The van der Waals surface area contributed by atoms with Crippen LogP contribution in [0.15, 0.2) is 36.4 Å². The number of carboxylic acid groups (broad SMARTS) is 1. The van der Waals surface area contributed by atoms with Gasteiger partial charge in [-0.2, -0.15) is 0 Å². The molecule has 0 saturated heterocycles. The summed E-state index contributed by atoms with van der Waals surface area (Å²) in [6.45, 7) is 1.62. The topological polar surface area (TPSA) is 105 Å². The second-order valence-electron chi connectivity index (χ2n) is 3.81. The van der Waals surface area contributed by atoms with E-state index in [1.807, 2.05) is 18.4 Å². The van der Waals surface area contributed by atoms with Crippen molar-refractivity contribution < 1.29 is 24.2 Å². The highest BCUT2D eigenvalue weighted by atomic mass is 16.5. The largest absolute Gasteiger partial charge is 0.484 e. The van der Waals surface area contributed by atoms with Crippen LogP contribution in [0.2, 0.25) is 0 Å². The molecule has 0 spiro atoms. The molecule has 0 aliphatic carbocycles. The molecular weight excluding hydrogens is 264 g/mol. The summed E-state index contributed by atoms with van der Waals surface area (Å²) in [5.41, 5.74) is 5.10. The number of hydrazine groups is 1. The highest BCUT2D eigenvalue weighted by Crippen LogP contribution is 2.11. The first-order valence-electron chi connectivity index (χ1n) is 5.66. The van der Waals surface area contributed by atoms with E-state index in [-0.39, 0.29) is 6.61 Å². The summed E-state index contributed by atoms with van der Waals surface area (Å²) in [6.07, 6.45) is 1.44. The van der Waals surface area contributed by atoms with E-state index in [0.717, 1.165) is 11.6 Å². The van der Waals surface area contributed by atoms with Gasteiger partial charge < -0.3 is 9.84 Å². The van der Waals surface area contributed by atoms with Gasteiger partial charge in [0.2, 0.25) is 0 Å². The minimum Gasteiger partial charge on any atom is -0.484 e. The number of carbonyl (C=O) groups excluding carboxylic acids is 2. The van der Waals surface area contributed by atoms with Gasteiger partial charge in [0.1, 0.15) is 5.75 Å². The van der Waals surface area contributed by atoms with Crippen molar-refractivity contribution in [2.45, 2.75) is 6.92 Å². The Morgan fingerprint density at radius 1 is 1.25 bits per heavy atom. The van der Waals surface area contributed by atoms with Gasteiger partial charge in [-0.1, -0.05) is 12.1 Å². The number of aryl methyl sites for hydroxylation is 1. The lowest BCUT2D eigenvalue weighted by atomic mass is 10.2. The van der Waals surface area contributed by atoms with Crippen molar-refractivity contribution in [3.05, 3.63) is 42.0 Å². The summed E-state index contributed by atoms with van der Waals surface area (Å²) in [6, 6.07) is 7.15. The van der Waals surface area contributed by atoms with Crippen LogP contribution in [0.3, 0.4) is 0 Å². The van der Waals surface area contributed by atoms with Crippen LogP contribution >= 0.6 is 0 Å². The molecule has 0 aliphatic rings. The van der Waals surface area contributed by atoms with Gasteiger partial charge in [-0.15, -0.1) is 0 Å². The number of nitrogens with one attached hydrogen (secondary N) is 2. The monoisotopic (exact) mass is 278 g/mol. The lowest BCUT2D eigenvalue weighted by molar-refractivity contribution is -0.131. The molecule has 20 heavy (non-hydrogen) atoms. The van der Waals surface area contributed by atoms with Crippen molar-refractivity contribution in [3.8, 4) is 5.75 Å². The van der Waals surface area contributed by atoms with Crippen LogP contribution in [-0.4, -0.2) is 29.5 Å². The first-order valence-corrected chi connectivity index (χ1v) is 5.66. The molecule has 0 aromatic heterocycles. The molecule has 2 amide bonds. The summed E-state index contributed by atoms with van der Waals surface area (Å²) in [5, 5.41) is 8.30. The maximum absolute atomic E-state index is 11.4. The van der Waals surface area contributed by atoms with Gasteiger partial charge in [-0.05, 0) is 24.6 Å². The van der Waals surface area contributed by atoms with E-state index < -0.39 is 17.8 Å². The predicted molar refractivity (Wildman–Crippen MR) is 69.7 cm³/mol. The SMILES string of the molecule is Cc1cccc(OCC(=O)NNC(=O)/C=C/C(=O)O)c1. The molecule has 0 fully saturated rings. The first-order chi connectivity index (χ1) is 9.47. The van der Waals surface area contributed by atoms with Gasteiger partial charge in [0.15, 0.2) is 6.61 Å². The van der Waals surface area contributed by atoms with E-state index in [9.17, 15) is 14.4 Å². The Morgan fingerprint density at radius 2 is 2.00 bits per heavy atom.